The van der Waals surface area contributed by atoms with Crippen molar-refractivity contribution < 1.29 is 4.79 Å². The van der Waals surface area contributed by atoms with Gasteiger partial charge in [0.1, 0.15) is 4.83 Å². The second-order valence-corrected chi connectivity index (χ2v) is 9.56. The van der Waals surface area contributed by atoms with E-state index in [2.05, 4.69) is 23.8 Å². The summed E-state index contributed by atoms with van der Waals surface area (Å²) in [5.41, 5.74) is -0.0700. The van der Waals surface area contributed by atoms with Crippen LogP contribution in [0.25, 0.3) is 10.2 Å². The molecule has 7 heteroatoms. The standard InChI is InChI=1S/C20H25N3O2S2/c1-3-7-23-19(25)15-6-8-26-18(15)22-20(23)27-11-17(24)21-12(2)16-10-13-4-5-14(16)9-13/h3,6,8,12-14,16H,1,4-5,7,9-11H2,2H3,(H,21,24). The number of fused-ring (bicyclic) bond motifs is 3. The van der Waals surface area contributed by atoms with Crippen molar-refractivity contribution in [3.05, 3.63) is 34.5 Å². The predicted molar refractivity (Wildman–Crippen MR) is 111 cm³/mol. The van der Waals surface area contributed by atoms with E-state index < -0.39 is 0 Å². The van der Waals surface area contributed by atoms with Gasteiger partial charge in [0, 0.05) is 12.6 Å². The number of allylic oxidation sites excluding steroid dienone is 1. The third kappa shape index (κ3) is 3.72. The van der Waals surface area contributed by atoms with Crippen LogP contribution in [0, 0.1) is 17.8 Å². The fraction of sp³-hybridized carbons (Fsp3) is 0.550. The molecule has 2 aromatic rings. The molecular weight excluding hydrogens is 378 g/mol. The quantitative estimate of drug-likeness (QED) is 0.435. The number of thioether (sulfide) groups is 1. The van der Waals surface area contributed by atoms with Gasteiger partial charge >= 0.3 is 0 Å². The van der Waals surface area contributed by atoms with Crippen molar-refractivity contribution in [3.8, 4) is 0 Å². The summed E-state index contributed by atoms with van der Waals surface area (Å²) >= 11 is 2.77. The van der Waals surface area contributed by atoms with Crippen molar-refractivity contribution in [1.29, 1.82) is 0 Å². The molecule has 1 N–H and O–H groups in total. The smallest absolute Gasteiger partial charge is 0.263 e. The SMILES string of the molecule is C=CCn1c(SCC(=O)NC(C)C2CC3CCC2C3)nc2sccc2c1=O. The molecule has 0 aliphatic heterocycles. The fourth-order valence-electron chi connectivity index (χ4n) is 4.77. The van der Waals surface area contributed by atoms with E-state index in [1.165, 1.54) is 48.8 Å². The summed E-state index contributed by atoms with van der Waals surface area (Å²) in [6.07, 6.45) is 6.98. The van der Waals surface area contributed by atoms with Gasteiger partial charge in [-0.1, -0.05) is 24.3 Å². The Hall–Kier alpha value is -1.60. The molecule has 0 spiro atoms. The van der Waals surface area contributed by atoms with Gasteiger partial charge < -0.3 is 5.32 Å². The van der Waals surface area contributed by atoms with Crippen molar-refractivity contribution in [1.82, 2.24) is 14.9 Å². The second kappa shape index (κ2) is 7.80. The minimum atomic E-state index is -0.0700. The summed E-state index contributed by atoms with van der Waals surface area (Å²) in [5, 5.41) is 6.26. The highest BCUT2D eigenvalue weighted by Gasteiger charge is 2.42. The zero-order valence-electron chi connectivity index (χ0n) is 15.5. The molecule has 2 aliphatic rings. The average molecular weight is 404 g/mol. The predicted octanol–water partition coefficient (Wildman–Crippen LogP) is 3.68. The molecule has 2 bridgehead atoms. The van der Waals surface area contributed by atoms with E-state index in [0.29, 0.717) is 23.0 Å². The van der Waals surface area contributed by atoms with Crippen molar-refractivity contribution in [3.63, 3.8) is 0 Å². The Morgan fingerprint density at radius 1 is 1.52 bits per heavy atom. The molecule has 0 aromatic carbocycles. The molecule has 2 aromatic heterocycles. The zero-order chi connectivity index (χ0) is 19.0. The molecule has 2 saturated carbocycles. The van der Waals surface area contributed by atoms with Crippen LogP contribution in [-0.4, -0.2) is 27.3 Å². The van der Waals surface area contributed by atoms with Gasteiger partial charge in [0.15, 0.2) is 5.16 Å². The number of rotatable bonds is 7. The van der Waals surface area contributed by atoms with Crippen LogP contribution in [-0.2, 0) is 11.3 Å². The molecule has 2 aliphatic carbocycles. The minimum absolute atomic E-state index is 0.0148. The number of nitrogens with zero attached hydrogens (tertiary/aromatic N) is 2. The number of hydrogen-bond acceptors (Lipinski definition) is 5. The van der Waals surface area contributed by atoms with E-state index in [1.54, 1.807) is 16.7 Å². The van der Waals surface area contributed by atoms with Gasteiger partial charge in [-0.05, 0) is 55.4 Å². The third-order valence-electron chi connectivity index (χ3n) is 6.02. The van der Waals surface area contributed by atoms with Crippen LogP contribution < -0.4 is 10.9 Å². The van der Waals surface area contributed by atoms with Crippen molar-refractivity contribution in [2.75, 3.05) is 5.75 Å². The Morgan fingerprint density at radius 3 is 3.07 bits per heavy atom. The van der Waals surface area contributed by atoms with Crippen LogP contribution in [0.15, 0.2) is 34.1 Å². The highest BCUT2D eigenvalue weighted by molar-refractivity contribution is 7.99. The van der Waals surface area contributed by atoms with E-state index in [1.807, 2.05) is 5.38 Å². The van der Waals surface area contributed by atoms with Gasteiger partial charge in [0.05, 0.1) is 11.1 Å². The second-order valence-electron chi connectivity index (χ2n) is 7.72. The van der Waals surface area contributed by atoms with E-state index in [-0.39, 0.29) is 23.3 Å². The first-order valence-corrected chi connectivity index (χ1v) is 11.4. The Kier molecular flexibility index (Phi) is 5.41. The fourth-order valence-corrected chi connectivity index (χ4v) is 6.39. The van der Waals surface area contributed by atoms with E-state index in [4.69, 9.17) is 0 Å². The Balaban J connectivity index is 1.42. The lowest BCUT2D eigenvalue weighted by Crippen LogP contribution is -2.41. The summed E-state index contributed by atoms with van der Waals surface area (Å²) in [6, 6.07) is 2.02. The first-order chi connectivity index (χ1) is 13.1. The Morgan fingerprint density at radius 2 is 2.37 bits per heavy atom. The Labute approximate surface area is 167 Å². The maximum atomic E-state index is 12.6. The molecule has 0 radical (unpaired) electrons. The summed E-state index contributed by atoms with van der Waals surface area (Å²) in [7, 11) is 0. The topological polar surface area (TPSA) is 64.0 Å². The van der Waals surface area contributed by atoms with E-state index >= 15 is 0 Å². The molecule has 0 saturated heterocycles. The number of carbonyl (C=O) groups excluding carboxylic acids is 1. The van der Waals surface area contributed by atoms with Gasteiger partial charge in [0.25, 0.3) is 5.56 Å². The molecule has 1 amide bonds. The normalized spacial score (nSPS) is 25.0. The largest absolute Gasteiger partial charge is 0.353 e. The van der Waals surface area contributed by atoms with Crippen LogP contribution in [0.5, 0.6) is 0 Å². The van der Waals surface area contributed by atoms with Crippen molar-refractivity contribution >= 4 is 39.2 Å². The third-order valence-corrected chi connectivity index (χ3v) is 7.80. The van der Waals surface area contributed by atoms with Gasteiger partial charge in [-0.3, -0.25) is 14.2 Å². The lowest BCUT2D eigenvalue weighted by Gasteiger charge is -2.28. The van der Waals surface area contributed by atoms with Crippen LogP contribution >= 0.6 is 23.1 Å². The van der Waals surface area contributed by atoms with Gasteiger partial charge in [0.2, 0.25) is 5.91 Å². The number of aromatic nitrogens is 2. The molecule has 4 unspecified atom stereocenters. The Bertz CT molecular complexity index is 920. The molecule has 144 valence electrons. The maximum Gasteiger partial charge on any atom is 0.263 e. The molecule has 4 rings (SSSR count). The molecule has 27 heavy (non-hydrogen) atoms. The summed E-state index contributed by atoms with van der Waals surface area (Å²) in [6.45, 7) is 6.26. The lowest BCUT2D eigenvalue weighted by atomic mass is 9.84. The molecular formula is C20H25N3O2S2. The number of hydrogen-bond donors (Lipinski definition) is 1. The first kappa shape index (κ1) is 18.7. The summed E-state index contributed by atoms with van der Waals surface area (Å²) in [4.78, 5) is 30.4. The molecule has 5 nitrogen and oxygen atoms in total. The highest BCUT2D eigenvalue weighted by atomic mass is 32.2. The number of nitrogens with one attached hydrogen (secondary N) is 1. The van der Waals surface area contributed by atoms with E-state index in [9.17, 15) is 9.59 Å². The van der Waals surface area contributed by atoms with Crippen LogP contribution in [0.4, 0.5) is 0 Å². The van der Waals surface area contributed by atoms with Crippen LogP contribution in [0.3, 0.4) is 0 Å². The monoisotopic (exact) mass is 403 g/mol. The number of amides is 1. The zero-order valence-corrected chi connectivity index (χ0v) is 17.2. The molecule has 2 heterocycles. The number of carbonyl (C=O) groups is 1. The van der Waals surface area contributed by atoms with Crippen LogP contribution in [0.2, 0.25) is 0 Å². The van der Waals surface area contributed by atoms with Gasteiger partial charge in [-0.15, -0.1) is 17.9 Å². The van der Waals surface area contributed by atoms with Crippen molar-refractivity contribution in [2.24, 2.45) is 17.8 Å². The number of thiophene rings is 1. The minimum Gasteiger partial charge on any atom is -0.353 e. The molecule has 2 fully saturated rings. The maximum absolute atomic E-state index is 12.6. The van der Waals surface area contributed by atoms with Crippen LogP contribution in [0.1, 0.15) is 32.6 Å². The highest BCUT2D eigenvalue weighted by Crippen LogP contribution is 2.49. The van der Waals surface area contributed by atoms with Crippen molar-refractivity contribution in [2.45, 2.75) is 50.4 Å². The average Bonchev–Trinajstić information content (AvgIpc) is 3.39. The first-order valence-electron chi connectivity index (χ1n) is 9.58. The lowest BCUT2D eigenvalue weighted by molar-refractivity contribution is -0.119. The summed E-state index contributed by atoms with van der Waals surface area (Å²) < 4.78 is 1.60. The van der Waals surface area contributed by atoms with Gasteiger partial charge in [-0.25, -0.2) is 4.98 Å². The summed E-state index contributed by atoms with van der Waals surface area (Å²) in [5.74, 6) is 2.58. The van der Waals surface area contributed by atoms with Gasteiger partial charge in [-0.2, -0.15) is 0 Å². The van der Waals surface area contributed by atoms with E-state index in [0.717, 1.165) is 16.7 Å². The molecule has 4 atom stereocenters.